The Morgan fingerprint density at radius 2 is 1.52 bits per heavy atom. The highest BCUT2D eigenvalue weighted by molar-refractivity contribution is 6.42. The quantitative estimate of drug-likeness (QED) is 0.578. The second kappa shape index (κ2) is 9.62. The molecule has 168 valence electrons. The lowest BCUT2D eigenvalue weighted by Crippen LogP contribution is -2.35. The minimum atomic E-state index is -0.999. The van der Waals surface area contributed by atoms with E-state index in [4.69, 9.17) is 20.2 Å². The summed E-state index contributed by atoms with van der Waals surface area (Å²) in [7, 11) is 3.23. The fourth-order valence-electron chi connectivity index (χ4n) is 3.59. The van der Waals surface area contributed by atoms with Crippen LogP contribution in [0.25, 0.3) is 22.4 Å². The Bertz CT molecular complexity index is 1200. The first kappa shape index (κ1) is 22.2. The van der Waals surface area contributed by atoms with E-state index in [9.17, 15) is 9.59 Å². The van der Waals surface area contributed by atoms with Gasteiger partial charge in [0.25, 0.3) is 0 Å². The highest BCUT2D eigenvalue weighted by Crippen LogP contribution is 2.33. The first-order chi connectivity index (χ1) is 16.0. The van der Waals surface area contributed by atoms with Gasteiger partial charge in [-0.3, -0.25) is 14.6 Å². The van der Waals surface area contributed by atoms with Crippen LogP contribution in [0.5, 0.6) is 11.5 Å². The largest absolute Gasteiger partial charge is 0.497 e. The molecular formula is C25H24N4O4. The molecular weight excluding hydrogens is 420 g/mol. The molecule has 4 rings (SSSR count). The van der Waals surface area contributed by atoms with Gasteiger partial charge in [0.1, 0.15) is 23.3 Å². The van der Waals surface area contributed by atoms with Crippen molar-refractivity contribution in [3.05, 3.63) is 66.4 Å². The molecule has 0 spiro atoms. The van der Waals surface area contributed by atoms with Gasteiger partial charge in [0, 0.05) is 24.0 Å². The molecule has 1 aliphatic heterocycles. The number of hydrazone groups is 1. The molecule has 1 aliphatic rings. The van der Waals surface area contributed by atoms with Crippen molar-refractivity contribution in [2.24, 2.45) is 10.8 Å². The number of nitrogens with two attached hydrogens (primary N) is 1. The van der Waals surface area contributed by atoms with Gasteiger partial charge in [-0.1, -0.05) is 18.2 Å². The summed E-state index contributed by atoms with van der Waals surface area (Å²) >= 11 is 0. The number of nitrogens with zero attached hydrogens (tertiary/aromatic N) is 2. The van der Waals surface area contributed by atoms with Crippen LogP contribution in [0.3, 0.4) is 0 Å². The van der Waals surface area contributed by atoms with Crippen molar-refractivity contribution in [3.63, 3.8) is 0 Å². The molecule has 3 N–H and O–H groups in total. The fraction of sp³-hybridized carbons (Fsp3) is 0.200. The van der Waals surface area contributed by atoms with Crippen LogP contribution in [0.4, 0.5) is 0 Å². The van der Waals surface area contributed by atoms with Crippen LogP contribution in [0.15, 0.2) is 65.8 Å². The van der Waals surface area contributed by atoms with E-state index in [2.05, 4.69) is 10.5 Å². The van der Waals surface area contributed by atoms with E-state index in [-0.39, 0.29) is 30.2 Å². The zero-order valence-electron chi connectivity index (χ0n) is 18.4. The molecule has 0 saturated carbocycles. The smallest absolute Gasteiger partial charge is 0.240 e. The highest BCUT2D eigenvalue weighted by Gasteiger charge is 2.26. The Morgan fingerprint density at radius 1 is 0.909 bits per heavy atom. The summed E-state index contributed by atoms with van der Waals surface area (Å²) in [4.78, 5) is 29.0. The molecule has 0 bridgehead atoms. The lowest BCUT2D eigenvalue weighted by Gasteiger charge is -2.17. The van der Waals surface area contributed by atoms with Crippen molar-refractivity contribution in [1.29, 1.82) is 0 Å². The number of hydrogen-bond donors (Lipinski definition) is 2. The van der Waals surface area contributed by atoms with E-state index >= 15 is 0 Å². The number of carbonyl (C=O) groups is 2. The summed E-state index contributed by atoms with van der Waals surface area (Å²) in [6.45, 7) is 0. The molecule has 2 aromatic carbocycles. The maximum atomic E-state index is 12.9. The van der Waals surface area contributed by atoms with Gasteiger partial charge in [0.2, 0.25) is 11.7 Å². The third-order valence-electron chi connectivity index (χ3n) is 5.47. The summed E-state index contributed by atoms with van der Waals surface area (Å²) < 4.78 is 10.5. The first-order valence-electron chi connectivity index (χ1n) is 10.4. The van der Waals surface area contributed by atoms with Crippen molar-refractivity contribution >= 4 is 17.4 Å². The van der Waals surface area contributed by atoms with E-state index in [0.29, 0.717) is 11.4 Å². The van der Waals surface area contributed by atoms with Crippen LogP contribution >= 0.6 is 0 Å². The zero-order chi connectivity index (χ0) is 23.4. The lowest BCUT2D eigenvalue weighted by molar-refractivity contribution is -0.121. The molecule has 33 heavy (non-hydrogen) atoms. The molecule has 3 aromatic rings. The maximum absolute atomic E-state index is 12.9. The van der Waals surface area contributed by atoms with E-state index in [1.165, 1.54) is 0 Å². The number of carbonyl (C=O) groups excluding carboxylic acids is 2. The van der Waals surface area contributed by atoms with Gasteiger partial charge in [-0.05, 0) is 48.0 Å². The average Bonchev–Trinajstić information content (AvgIpc) is 2.88. The Kier molecular flexibility index (Phi) is 6.46. The number of ketones is 1. The number of aromatic nitrogens is 1. The number of nitrogens with one attached hydrogen (secondary N) is 1. The fourth-order valence-corrected chi connectivity index (χ4v) is 3.59. The van der Waals surface area contributed by atoms with Gasteiger partial charge in [0.05, 0.1) is 25.6 Å². The third-order valence-corrected chi connectivity index (χ3v) is 5.47. The molecule has 1 atom stereocenters. The zero-order valence-corrected chi connectivity index (χ0v) is 18.4. The topological polar surface area (TPSA) is 116 Å². The third kappa shape index (κ3) is 4.75. The second-order valence-corrected chi connectivity index (χ2v) is 7.52. The maximum Gasteiger partial charge on any atom is 0.240 e. The van der Waals surface area contributed by atoms with E-state index in [0.717, 1.165) is 28.2 Å². The predicted molar refractivity (Wildman–Crippen MR) is 125 cm³/mol. The Hall–Kier alpha value is -4.04. The molecule has 8 heteroatoms. The molecule has 1 amide bonds. The lowest BCUT2D eigenvalue weighted by atomic mass is 9.96. The molecule has 0 fully saturated rings. The Morgan fingerprint density at radius 3 is 2.06 bits per heavy atom. The minimum Gasteiger partial charge on any atom is -0.497 e. The van der Waals surface area contributed by atoms with Crippen molar-refractivity contribution in [2.45, 2.75) is 18.9 Å². The van der Waals surface area contributed by atoms with E-state index in [1.54, 1.807) is 20.3 Å². The summed E-state index contributed by atoms with van der Waals surface area (Å²) in [5.41, 5.74) is 12.6. The SMILES string of the molecule is COc1ccc(-c2ccc(C(N)C(=O)C3=NNC(=O)CC3)nc2-c2ccc(OC)cc2)cc1. The average molecular weight is 444 g/mol. The normalized spacial score (nSPS) is 14.2. The Labute approximate surface area is 191 Å². The van der Waals surface area contributed by atoms with Gasteiger partial charge < -0.3 is 15.2 Å². The van der Waals surface area contributed by atoms with Gasteiger partial charge >= 0.3 is 0 Å². The van der Waals surface area contributed by atoms with E-state index < -0.39 is 6.04 Å². The number of rotatable bonds is 7. The molecule has 2 heterocycles. The molecule has 0 radical (unpaired) electrons. The van der Waals surface area contributed by atoms with Gasteiger partial charge in [-0.25, -0.2) is 5.43 Å². The number of methoxy groups -OCH3 is 2. The predicted octanol–water partition coefficient (Wildman–Crippen LogP) is 3.27. The number of ether oxygens (including phenoxy) is 2. The number of hydrogen-bond acceptors (Lipinski definition) is 7. The standard InChI is InChI=1S/C25H24N4O4/c1-32-17-7-3-15(4-8-17)19-11-12-20(23(26)25(31)21-13-14-22(30)29-28-21)27-24(19)16-5-9-18(33-2)10-6-16/h3-12,23H,13-14,26H2,1-2H3,(H,29,30). The number of amides is 1. The van der Waals surface area contributed by atoms with Crippen molar-refractivity contribution in [2.75, 3.05) is 14.2 Å². The van der Waals surface area contributed by atoms with Crippen molar-refractivity contribution < 1.29 is 19.1 Å². The van der Waals surface area contributed by atoms with Crippen molar-refractivity contribution in [1.82, 2.24) is 10.4 Å². The summed E-state index contributed by atoms with van der Waals surface area (Å²) in [5, 5.41) is 3.87. The molecule has 0 aliphatic carbocycles. The molecule has 8 nitrogen and oxygen atoms in total. The van der Waals surface area contributed by atoms with Crippen LogP contribution in [0.1, 0.15) is 24.6 Å². The first-order valence-corrected chi connectivity index (χ1v) is 10.4. The van der Waals surface area contributed by atoms with Crippen LogP contribution in [0, 0.1) is 0 Å². The summed E-state index contributed by atoms with van der Waals surface area (Å²) in [6.07, 6.45) is 0.464. The number of benzene rings is 2. The van der Waals surface area contributed by atoms with Crippen LogP contribution in [-0.4, -0.2) is 36.6 Å². The second-order valence-electron chi connectivity index (χ2n) is 7.52. The monoisotopic (exact) mass is 444 g/mol. The van der Waals surface area contributed by atoms with Crippen molar-refractivity contribution in [3.8, 4) is 33.9 Å². The number of Topliss-reactive ketones (excluding diaryl/α,β-unsaturated/α-hetero) is 1. The number of pyridine rings is 1. The summed E-state index contributed by atoms with van der Waals surface area (Å²) in [5.74, 6) is 0.900. The summed E-state index contributed by atoms with van der Waals surface area (Å²) in [6, 6.07) is 17.8. The Balaban J connectivity index is 1.75. The van der Waals surface area contributed by atoms with Gasteiger partial charge in [-0.2, -0.15) is 5.10 Å². The molecule has 1 aromatic heterocycles. The van der Waals surface area contributed by atoms with Crippen LogP contribution in [0.2, 0.25) is 0 Å². The van der Waals surface area contributed by atoms with Crippen LogP contribution < -0.4 is 20.6 Å². The minimum absolute atomic E-state index is 0.207. The highest BCUT2D eigenvalue weighted by atomic mass is 16.5. The van der Waals surface area contributed by atoms with Gasteiger partial charge in [-0.15, -0.1) is 0 Å². The molecule has 0 saturated heterocycles. The molecule has 1 unspecified atom stereocenters. The van der Waals surface area contributed by atoms with E-state index in [1.807, 2.05) is 54.6 Å². The van der Waals surface area contributed by atoms with Gasteiger partial charge in [0.15, 0.2) is 0 Å². The van der Waals surface area contributed by atoms with Crippen LogP contribution in [-0.2, 0) is 9.59 Å².